The number of hydrogen-bond donors (Lipinski definition) is 1. The molecule has 1 amide bonds. The first kappa shape index (κ1) is 14.5. The molecule has 0 aliphatic carbocycles. The van der Waals surface area contributed by atoms with Crippen LogP contribution in [0.3, 0.4) is 0 Å². The highest BCUT2D eigenvalue weighted by molar-refractivity contribution is 5.78. The summed E-state index contributed by atoms with van der Waals surface area (Å²) in [5.41, 5.74) is 1.36. The third-order valence-electron chi connectivity index (χ3n) is 4.65. The summed E-state index contributed by atoms with van der Waals surface area (Å²) in [6.07, 6.45) is 1.69. The minimum Gasteiger partial charge on any atom is -0.396 e. The first-order valence-corrected chi connectivity index (χ1v) is 7.89. The van der Waals surface area contributed by atoms with Crippen molar-refractivity contribution in [3.63, 3.8) is 0 Å². The van der Waals surface area contributed by atoms with Crippen LogP contribution in [-0.2, 0) is 11.3 Å². The topological polar surface area (TPSA) is 43.8 Å². The molecule has 1 N–H and O–H groups in total. The van der Waals surface area contributed by atoms with E-state index >= 15 is 0 Å². The van der Waals surface area contributed by atoms with Crippen molar-refractivity contribution in [3.05, 3.63) is 35.9 Å². The maximum atomic E-state index is 11.9. The average molecular weight is 288 g/mol. The number of likely N-dealkylation sites (tertiary alicyclic amines) is 2. The molecule has 0 spiro atoms. The average Bonchev–Trinajstić information content (AvgIpc) is 3.08. The molecule has 21 heavy (non-hydrogen) atoms. The fourth-order valence-electron chi connectivity index (χ4n) is 3.51. The van der Waals surface area contributed by atoms with Crippen molar-refractivity contribution in [2.24, 2.45) is 11.8 Å². The Labute approximate surface area is 126 Å². The molecule has 3 rings (SSSR count). The minimum absolute atomic E-state index is 0.132. The number of hydrogen-bond acceptors (Lipinski definition) is 3. The van der Waals surface area contributed by atoms with Gasteiger partial charge in [0.25, 0.3) is 0 Å². The molecule has 4 nitrogen and oxygen atoms in total. The van der Waals surface area contributed by atoms with Crippen molar-refractivity contribution in [1.82, 2.24) is 9.80 Å². The van der Waals surface area contributed by atoms with E-state index in [0.717, 1.165) is 32.7 Å². The second-order valence-corrected chi connectivity index (χ2v) is 6.43. The van der Waals surface area contributed by atoms with Gasteiger partial charge in [-0.25, -0.2) is 0 Å². The summed E-state index contributed by atoms with van der Waals surface area (Å²) in [6.45, 7) is 4.93. The first-order valence-electron chi connectivity index (χ1n) is 7.89. The largest absolute Gasteiger partial charge is 0.396 e. The Balaban J connectivity index is 1.48. The standard InChI is InChI=1S/C17H24N2O2/c20-13-16-8-17(21)19(12-16)11-15-6-7-18(10-15)9-14-4-2-1-3-5-14/h1-5,15-16,20H,6-13H2. The third kappa shape index (κ3) is 3.63. The van der Waals surface area contributed by atoms with E-state index in [1.807, 2.05) is 11.0 Å². The zero-order chi connectivity index (χ0) is 14.7. The minimum atomic E-state index is 0.132. The Morgan fingerprint density at radius 2 is 1.95 bits per heavy atom. The fourth-order valence-corrected chi connectivity index (χ4v) is 3.51. The molecule has 2 atom stereocenters. The normalized spacial score (nSPS) is 26.7. The summed E-state index contributed by atoms with van der Waals surface area (Å²) in [5, 5.41) is 9.18. The van der Waals surface area contributed by atoms with Crippen LogP contribution in [0, 0.1) is 11.8 Å². The van der Waals surface area contributed by atoms with E-state index in [1.165, 1.54) is 12.0 Å². The quantitative estimate of drug-likeness (QED) is 0.889. The highest BCUT2D eigenvalue weighted by atomic mass is 16.3. The lowest BCUT2D eigenvalue weighted by molar-refractivity contribution is -0.128. The molecule has 1 aromatic carbocycles. The van der Waals surface area contributed by atoms with Crippen LogP contribution in [-0.4, -0.2) is 53.6 Å². The van der Waals surface area contributed by atoms with E-state index in [4.69, 9.17) is 0 Å². The van der Waals surface area contributed by atoms with E-state index in [2.05, 4.69) is 29.2 Å². The van der Waals surface area contributed by atoms with Crippen LogP contribution in [0.4, 0.5) is 0 Å². The van der Waals surface area contributed by atoms with Crippen LogP contribution in [0.25, 0.3) is 0 Å². The van der Waals surface area contributed by atoms with Gasteiger partial charge >= 0.3 is 0 Å². The zero-order valence-electron chi connectivity index (χ0n) is 12.4. The SMILES string of the molecule is O=C1CC(CO)CN1CC1CCN(Cc2ccccc2)C1. The molecule has 2 fully saturated rings. The Bertz CT molecular complexity index is 477. The highest BCUT2D eigenvalue weighted by Gasteiger charge is 2.32. The number of benzene rings is 1. The molecule has 1 aromatic rings. The summed E-state index contributed by atoms with van der Waals surface area (Å²) >= 11 is 0. The number of carbonyl (C=O) groups is 1. The summed E-state index contributed by atoms with van der Waals surface area (Å²) in [4.78, 5) is 16.3. The first-order chi connectivity index (χ1) is 10.2. The number of aliphatic hydroxyl groups excluding tert-OH is 1. The second kappa shape index (κ2) is 6.58. The van der Waals surface area contributed by atoms with Crippen molar-refractivity contribution >= 4 is 5.91 Å². The number of nitrogens with zero attached hydrogens (tertiary/aromatic N) is 2. The Kier molecular flexibility index (Phi) is 4.56. The maximum absolute atomic E-state index is 11.9. The molecule has 2 aliphatic rings. The van der Waals surface area contributed by atoms with Crippen LogP contribution in [0.5, 0.6) is 0 Å². The summed E-state index contributed by atoms with van der Waals surface area (Å²) in [6, 6.07) is 10.6. The van der Waals surface area contributed by atoms with Crippen LogP contribution < -0.4 is 0 Å². The van der Waals surface area contributed by atoms with Crippen LogP contribution in [0.1, 0.15) is 18.4 Å². The Hall–Kier alpha value is -1.39. The second-order valence-electron chi connectivity index (χ2n) is 6.43. The number of rotatable bonds is 5. The molecule has 2 aliphatic heterocycles. The predicted octanol–water partition coefficient (Wildman–Crippen LogP) is 1.35. The van der Waals surface area contributed by atoms with Gasteiger partial charge in [-0.15, -0.1) is 0 Å². The van der Waals surface area contributed by atoms with Gasteiger partial charge in [0.1, 0.15) is 0 Å². The molecule has 0 radical (unpaired) electrons. The Morgan fingerprint density at radius 3 is 2.67 bits per heavy atom. The Morgan fingerprint density at radius 1 is 1.14 bits per heavy atom. The summed E-state index contributed by atoms with van der Waals surface area (Å²) < 4.78 is 0. The van der Waals surface area contributed by atoms with Crippen molar-refractivity contribution in [1.29, 1.82) is 0 Å². The van der Waals surface area contributed by atoms with Gasteiger partial charge in [-0.1, -0.05) is 30.3 Å². The number of amides is 1. The van der Waals surface area contributed by atoms with E-state index < -0.39 is 0 Å². The molecular formula is C17H24N2O2. The van der Waals surface area contributed by atoms with E-state index in [9.17, 15) is 9.90 Å². The maximum Gasteiger partial charge on any atom is 0.223 e. The van der Waals surface area contributed by atoms with Crippen LogP contribution >= 0.6 is 0 Å². The summed E-state index contributed by atoms with van der Waals surface area (Å²) in [5.74, 6) is 0.949. The monoisotopic (exact) mass is 288 g/mol. The molecule has 2 saturated heterocycles. The smallest absolute Gasteiger partial charge is 0.223 e. The molecule has 114 valence electrons. The van der Waals surface area contributed by atoms with Gasteiger partial charge in [-0.3, -0.25) is 9.69 Å². The van der Waals surface area contributed by atoms with Crippen molar-refractivity contribution in [2.75, 3.05) is 32.8 Å². The molecule has 0 saturated carbocycles. The molecular weight excluding hydrogens is 264 g/mol. The van der Waals surface area contributed by atoms with Crippen molar-refractivity contribution in [3.8, 4) is 0 Å². The molecule has 2 heterocycles. The van der Waals surface area contributed by atoms with Gasteiger partial charge in [0, 0.05) is 45.1 Å². The fraction of sp³-hybridized carbons (Fsp3) is 0.588. The number of aliphatic hydroxyl groups is 1. The van der Waals surface area contributed by atoms with Crippen LogP contribution in [0.2, 0.25) is 0 Å². The van der Waals surface area contributed by atoms with E-state index in [-0.39, 0.29) is 18.4 Å². The van der Waals surface area contributed by atoms with Gasteiger partial charge in [0.05, 0.1) is 0 Å². The van der Waals surface area contributed by atoms with Crippen molar-refractivity contribution in [2.45, 2.75) is 19.4 Å². The predicted molar refractivity (Wildman–Crippen MR) is 81.6 cm³/mol. The van der Waals surface area contributed by atoms with Crippen LogP contribution in [0.15, 0.2) is 30.3 Å². The van der Waals surface area contributed by atoms with Gasteiger partial charge < -0.3 is 10.0 Å². The van der Waals surface area contributed by atoms with E-state index in [0.29, 0.717) is 12.3 Å². The third-order valence-corrected chi connectivity index (χ3v) is 4.65. The van der Waals surface area contributed by atoms with E-state index in [1.54, 1.807) is 0 Å². The zero-order valence-corrected chi connectivity index (χ0v) is 12.4. The molecule has 0 bridgehead atoms. The lowest BCUT2D eigenvalue weighted by atomic mass is 10.1. The number of carbonyl (C=O) groups excluding carboxylic acids is 1. The summed E-state index contributed by atoms with van der Waals surface area (Å²) in [7, 11) is 0. The molecule has 4 heteroatoms. The van der Waals surface area contributed by atoms with Gasteiger partial charge in [0.15, 0.2) is 0 Å². The van der Waals surface area contributed by atoms with Gasteiger partial charge in [-0.2, -0.15) is 0 Å². The lowest BCUT2D eigenvalue weighted by Crippen LogP contribution is -2.32. The lowest BCUT2D eigenvalue weighted by Gasteiger charge is -2.21. The van der Waals surface area contributed by atoms with Gasteiger partial charge in [-0.05, 0) is 24.4 Å². The van der Waals surface area contributed by atoms with Crippen molar-refractivity contribution < 1.29 is 9.90 Å². The molecule has 2 unspecified atom stereocenters. The molecule has 0 aromatic heterocycles. The van der Waals surface area contributed by atoms with Gasteiger partial charge in [0.2, 0.25) is 5.91 Å². The highest BCUT2D eigenvalue weighted by Crippen LogP contribution is 2.23.